The van der Waals surface area contributed by atoms with Crippen molar-refractivity contribution in [3.8, 4) is 0 Å². The van der Waals surface area contributed by atoms with Crippen LogP contribution in [-0.2, 0) is 10.0 Å². The molecule has 0 radical (unpaired) electrons. The molecule has 3 nitrogen and oxygen atoms in total. The first-order chi connectivity index (χ1) is 9.52. The van der Waals surface area contributed by atoms with Crippen LogP contribution in [0.4, 0.5) is 0 Å². The molecule has 0 aliphatic carbocycles. The van der Waals surface area contributed by atoms with E-state index in [0.717, 1.165) is 16.7 Å². The van der Waals surface area contributed by atoms with Gasteiger partial charge in [-0.15, -0.1) is 0 Å². The lowest BCUT2D eigenvalue weighted by atomic mass is 9.99. The lowest BCUT2D eigenvalue weighted by Gasteiger charge is -2.19. The summed E-state index contributed by atoms with van der Waals surface area (Å²) >= 11 is 0. The highest BCUT2D eigenvalue weighted by Gasteiger charge is 2.19. The van der Waals surface area contributed by atoms with Crippen molar-refractivity contribution < 1.29 is 8.42 Å². The van der Waals surface area contributed by atoms with Crippen LogP contribution in [0.5, 0.6) is 0 Å². The summed E-state index contributed by atoms with van der Waals surface area (Å²) in [5.74, 6) is 0.0716. The predicted octanol–water partition coefficient (Wildman–Crippen LogP) is 3.02. The lowest BCUT2D eigenvalue weighted by molar-refractivity contribution is 0.573. The van der Waals surface area contributed by atoms with Crippen LogP contribution in [0.3, 0.4) is 0 Å². The predicted molar refractivity (Wildman–Crippen MR) is 82.1 cm³/mol. The van der Waals surface area contributed by atoms with Gasteiger partial charge in [-0.25, -0.2) is 13.1 Å². The summed E-state index contributed by atoms with van der Waals surface area (Å²) in [4.78, 5) is 0. The van der Waals surface area contributed by atoms with E-state index in [4.69, 9.17) is 0 Å². The average molecular weight is 289 g/mol. The van der Waals surface area contributed by atoms with Gasteiger partial charge in [0.25, 0.3) is 0 Å². The summed E-state index contributed by atoms with van der Waals surface area (Å²) in [6.07, 6.45) is 0. The van der Waals surface area contributed by atoms with E-state index in [1.54, 1.807) is 6.92 Å². The van der Waals surface area contributed by atoms with Crippen molar-refractivity contribution in [2.45, 2.75) is 19.9 Å². The number of rotatable bonds is 5. The molecule has 1 atom stereocenters. The third-order valence-corrected chi connectivity index (χ3v) is 4.58. The van der Waals surface area contributed by atoms with Crippen LogP contribution in [0.2, 0.25) is 0 Å². The van der Waals surface area contributed by atoms with Crippen molar-refractivity contribution in [1.29, 1.82) is 0 Å². The second-order valence-corrected chi connectivity index (χ2v) is 6.82. The fourth-order valence-electron chi connectivity index (χ4n) is 2.00. The van der Waals surface area contributed by atoms with Crippen molar-refractivity contribution >= 4 is 10.0 Å². The fraction of sp³-hybridized carbons (Fsp3) is 0.250. The topological polar surface area (TPSA) is 46.2 Å². The summed E-state index contributed by atoms with van der Waals surface area (Å²) in [5.41, 5.74) is 3.03. The van der Waals surface area contributed by atoms with Crippen molar-refractivity contribution in [1.82, 2.24) is 4.72 Å². The maximum atomic E-state index is 11.9. The van der Waals surface area contributed by atoms with Gasteiger partial charge in [0.2, 0.25) is 10.0 Å². The van der Waals surface area contributed by atoms with E-state index < -0.39 is 10.0 Å². The Kier molecular flexibility index (Phi) is 4.57. The van der Waals surface area contributed by atoms with Gasteiger partial charge in [-0.1, -0.05) is 60.2 Å². The highest BCUT2D eigenvalue weighted by molar-refractivity contribution is 7.89. The first-order valence-electron chi connectivity index (χ1n) is 6.63. The molecule has 0 aliphatic rings. The Hall–Kier alpha value is -1.65. The second kappa shape index (κ2) is 6.20. The third kappa shape index (κ3) is 3.68. The van der Waals surface area contributed by atoms with Crippen LogP contribution < -0.4 is 4.72 Å². The summed E-state index contributed by atoms with van der Waals surface area (Å²) < 4.78 is 26.6. The fourth-order valence-corrected chi connectivity index (χ4v) is 2.79. The maximum Gasteiger partial charge on any atom is 0.212 e. The first-order valence-corrected chi connectivity index (χ1v) is 8.28. The van der Waals surface area contributed by atoms with Crippen molar-refractivity contribution in [2.75, 3.05) is 5.75 Å². The summed E-state index contributed by atoms with van der Waals surface area (Å²) in [5, 5.41) is 0. The third-order valence-electron chi connectivity index (χ3n) is 3.22. The van der Waals surface area contributed by atoms with E-state index in [-0.39, 0.29) is 11.8 Å². The molecular weight excluding hydrogens is 270 g/mol. The Morgan fingerprint density at radius 3 is 2.05 bits per heavy atom. The average Bonchev–Trinajstić information content (AvgIpc) is 2.47. The maximum absolute atomic E-state index is 11.9. The minimum atomic E-state index is -3.28. The van der Waals surface area contributed by atoms with Gasteiger partial charge < -0.3 is 0 Å². The molecule has 0 aliphatic heterocycles. The molecule has 0 saturated heterocycles. The van der Waals surface area contributed by atoms with Crippen molar-refractivity contribution in [3.63, 3.8) is 0 Å². The highest BCUT2D eigenvalue weighted by atomic mass is 32.2. The highest BCUT2D eigenvalue weighted by Crippen LogP contribution is 2.23. The molecule has 20 heavy (non-hydrogen) atoms. The largest absolute Gasteiger partial charge is 0.212 e. The Morgan fingerprint density at radius 2 is 1.50 bits per heavy atom. The number of sulfonamides is 1. The van der Waals surface area contributed by atoms with Crippen molar-refractivity contribution in [3.05, 3.63) is 71.3 Å². The van der Waals surface area contributed by atoms with E-state index >= 15 is 0 Å². The van der Waals surface area contributed by atoms with Crippen LogP contribution >= 0.6 is 0 Å². The van der Waals surface area contributed by atoms with Crippen molar-refractivity contribution in [2.24, 2.45) is 0 Å². The van der Waals surface area contributed by atoms with Gasteiger partial charge in [0.15, 0.2) is 0 Å². The molecule has 0 bridgehead atoms. The van der Waals surface area contributed by atoms with E-state index in [2.05, 4.69) is 4.72 Å². The zero-order valence-electron chi connectivity index (χ0n) is 11.7. The molecule has 0 spiro atoms. The SMILES string of the molecule is CCS(=O)(=O)N[C@@H](c1ccccc1)c1ccc(C)cc1. The Labute approximate surface area is 120 Å². The minimum Gasteiger partial charge on any atom is -0.212 e. The Bertz CT molecular complexity index is 649. The number of hydrogen-bond donors (Lipinski definition) is 1. The Balaban J connectivity index is 2.42. The quantitative estimate of drug-likeness (QED) is 0.919. The molecule has 2 aromatic rings. The van der Waals surface area contributed by atoms with E-state index in [9.17, 15) is 8.42 Å². The standard InChI is InChI=1S/C16H19NO2S/c1-3-20(18,19)17-16(14-7-5-4-6-8-14)15-11-9-13(2)10-12-15/h4-12,16-17H,3H2,1-2H3/t16-/m0/s1. The molecule has 0 amide bonds. The molecule has 1 N–H and O–H groups in total. The van der Waals surface area contributed by atoms with Crippen LogP contribution in [-0.4, -0.2) is 14.2 Å². The van der Waals surface area contributed by atoms with Gasteiger partial charge in [-0.3, -0.25) is 0 Å². The zero-order valence-corrected chi connectivity index (χ0v) is 12.5. The molecule has 0 fully saturated rings. The molecule has 0 saturated carbocycles. The number of hydrogen-bond acceptors (Lipinski definition) is 2. The van der Waals surface area contributed by atoms with Gasteiger partial charge in [-0.2, -0.15) is 0 Å². The number of benzene rings is 2. The van der Waals surface area contributed by atoms with E-state index in [1.165, 1.54) is 0 Å². The summed E-state index contributed by atoms with van der Waals surface area (Å²) in [6, 6.07) is 17.2. The van der Waals surface area contributed by atoms with Gasteiger partial charge >= 0.3 is 0 Å². The second-order valence-electron chi connectivity index (χ2n) is 4.78. The molecule has 0 heterocycles. The van der Waals surface area contributed by atoms with Gasteiger partial charge in [0.05, 0.1) is 11.8 Å². The molecular formula is C16H19NO2S. The van der Waals surface area contributed by atoms with Crippen LogP contribution in [0, 0.1) is 6.92 Å². The monoisotopic (exact) mass is 289 g/mol. The minimum absolute atomic E-state index is 0.0716. The lowest BCUT2D eigenvalue weighted by Crippen LogP contribution is -2.30. The molecule has 2 rings (SSSR count). The molecule has 4 heteroatoms. The van der Waals surface area contributed by atoms with Crippen LogP contribution in [0.25, 0.3) is 0 Å². The van der Waals surface area contributed by atoms with E-state index in [1.807, 2.05) is 61.5 Å². The summed E-state index contributed by atoms with van der Waals surface area (Å²) in [6.45, 7) is 3.65. The zero-order chi connectivity index (χ0) is 14.6. The molecule has 2 aromatic carbocycles. The van der Waals surface area contributed by atoms with Gasteiger partial charge in [-0.05, 0) is 25.0 Å². The summed E-state index contributed by atoms with van der Waals surface area (Å²) in [7, 11) is -3.28. The smallest absolute Gasteiger partial charge is 0.212 e. The Morgan fingerprint density at radius 1 is 0.950 bits per heavy atom. The number of aryl methyl sites for hydroxylation is 1. The number of nitrogens with one attached hydrogen (secondary N) is 1. The van der Waals surface area contributed by atoms with Crippen LogP contribution in [0.15, 0.2) is 54.6 Å². The molecule has 106 valence electrons. The molecule has 0 unspecified atom stereocenters. The molecule has 0 aromatic heterocycles. The first kappa shape index (κ1) is 14.8. The van der Waals surface area contributed by atoms with E-state index in [0.29, 0.717) is 0 Å². The van der Waals surface area contributed by atoms with Gasteiger partial charge in [0, 0.05) is 0 Å². The van der Waals surface area contributed by atoms with Crippen LogP contribution in [0.1, 0.15) is 29.7 Å². The van der Waals surface area contributed by atoms with Gasteiger partial charge in [0.1, 0.15) is 0 Å². The normalized spacial score (nSPS) is 13.1.